The molecule has 1 heterocycles. The fourth-order valence-corrected chi connectivity index (χ4v) is 2.18. The molecule has 0 aliphatic heterocycles. The molecule has 1 rings (SSSR count). The first-order valence-electron chi connectivity index (χ1n) is 4.02. The van der Waals surface area contributed by atoms with Crippen LogP contribution in [0.5, 0.6) is 0 Å². The highest BCUT2D eigenvalue weighted by atomic mass is 32.1. The highest BCUT2D eigenvalue weighted by Crippen LogP contribution is 2.26. The third-order valence-corrected chi connectivity index (χ3v) is 2.95. The summed E-state index contributed by atoms with van der Waals surface area (Å²) in [5, 5.41) is 10.9. The van der Waals surface area contributed by atoms with Crippen molar-refractivity contribution in [1.29, 1.82) is 0 Å². The van der Waals surface area contributed by atoms with E-state index >= 15 is 0 Å². The van der Waals surface area contributed by atoms with Gasteiger partial charge in [-0.15, -0.1) is 11.3 Å². The number of aliphatic hydroxyl groups excluding tert-OH is 1. The molecule has 0 spiro atoms. The van der Waals surface area contributed by atoms with Crippen LogP contribution in [0.1, 0.15) is 30.6 Å². The van der Waals surface area contributed by atoms with Gasteiger partial charge >= 0.3 is 0 Å². The van der Waals surface area contributed by atoms with Gasteiger partial charge in [0.2, 0.25) is 0 Å². The quantitative estimate of drug-likeness (QED) is 0.736. The summed E-state index contributed by atoms with van der Waals surface area (Å²) in [4.78, 5) is 1.40. The van der Waals surface area contributed by atoms with E-state index in [1.165, 1.54) is 4.88 Å². The topological polar surface area (TPSA) is 20.2 Å². The van der Waals surface area contributed by atoms with Crippen molar-refractivity contribution >= 4 is 11.3 Å². The maximum absolute atomic E-state index is 8.77. The molecule has 1 aromatic heterocycles. The monoisotopic (exact) mass is 170 g/mol. The van der Waals surface area contributed by atoms with Crippen molar-refractivity contribution < 1.29 is 5.11 Å². The van der Waals surface area contributed by atoms with Gasteiger partial charge < -0.3 is 5.11 Å². The first-order valence-corrected chi connectivity index (χ1v) is 4.90. The summed E-state index contributed by atoms with van der Waals surface area (Å²) >= 11 is 1.78. The lowest BCUT2D eigenvalue weighted by molar-refractivity contribution is 0.275. The van der Waals surface area contributed by atoms with Crippen molar-refractivity contribution in [1.82, 2.24) is 0 Å². The van der Waals surface area contributed by atoms with E-state index < -0.39 is 0 Å². The Hall–Kier alpha value is -0.340. The van der Waals surface area contributed by atoms with E-state index in [2.05, 4.69) is 24.4 Å². The van der Waals surface area contributed by atoms with Gasteiger partial charge in [0, 0.05) is 11.5 Å². The normalized spacial score (nSPS) is 13.3. The largest absolute Gasteiger partial charge is 0.396 e. The van der Waals surface area contributed by atoms with Crippen molar-refractivity contribution in [2.75, 3.05) is 6.61 Å². The van der Waals surface area contributed by atoms with Gasteiger partial charge in [-0.2, -0.15) is 0 Å². The molecule has 0 radical (unpaired) electrons. The molecular formula is C9H14OS. The van der Waals surface area contributed by atoms with Gasteiger partial charge in [-0.3, -0.25) is 0 Å². The Bertz CT molecular complexity index is 181. The lowest BCUT2D eigenvalue weighted by atomic mass is 10.0. The summed E-state index contributed by atoms with van der Waals surface area (Å²) in [5.74, 6) is 0.569. The fourth-order valence-electron chi connectivity index (χ4n) is 1.23. The standard InChI is InChI=1S/C9H14OS/c1-2-8(5-6-10)9-4-3-7-11-9/h3-4,7-8,10H,2,5-6H2,1H3. The molecule has 1 N–H and O–H groups in total. The number of thiophene rings is 1. The second-order valence-electron chi connectivity index (χ2n) is 2.63. The second-order valence-corrected chi connectivity index (χ2v) is 3.61. The average molecular weight is 170 g/mol. The minimum atomic E-state index is 0.302. The molecule has 0 fully saturated rings. The Balaban J connectivity index is 2.56. The number of aliphatic hydroxyl groups is 1. The highest BCUT2D eigenvalue weighted by Gasteiger charge is 2.08. The van der Waals surface area contributed by atoms with Crippen molar-refractivity contribution in [2.45, 2.75) is 25.7 Å². The summed E-state index contributed by atoms with van der Waals surface area (Å²) in [6, 6.07) is 4.22. The minimum Gasteiger partial charge on any atom is -0.396 e. The Morgan fingerprint density at radius 3 is 2.91 bits per heavy atom. The van der Waals surface area contributed by atoms with Crippen LogP contribution in [0, 0.1) is 0 Å². The summed E-state index contributed by atoms with van der Waals surface area (Å²) in [6.07, 6.45) is 2.03. The Kier molecular flexibility index (Phi) is 3.60. The molecule has 1 nitrogen and oxygen atoms in total. The molecule has 0 saturated heterocycles. The molecule has 11 heavy (non-hydrogen) atoms. The van der Waals surface area contributed by atoms with Crippen LogP contribution in [0.2, 0.25) is 0 Å². The van der Waals surface area contributed by atoms with Crippen LogP contribution in [-0.4, -0.2) is 11.7 Å². The van der Waals surface area contributed by atoms with Gasteiger partial charge in [-0.05, 0) is 30.2 Å². The lowest BCUT2D eigenvalue weighted by Crippen LogP contribution is -1.97. The van der Waals surface area contributed by atoms with E-state index in [9.17, 15) is 0 Å². The smallest absolute Gasteiger partial charge is 0.0437 e. The van der Waals surface area contributed by atoms with Gasteiger partial charge in [-0.25, -0.2) is 0 Å². The predicted octanol–water partition coefficient (Wildman–Crippen LogP) is 2.62. The molecular weight excluding hydrogens is 156 g/mol. The molecule has 0 aliphatic carbocycles. The zero-order valence-corrected chi connectivity index (χ0v) is 7.60. The Labute approximate surface area is 71.7 Å². The third kappa shape index (κ3) is 2.31. The van der Waals surface area contributed by atoms with Crippen LogP contribution in [0.3, 0.4) is 0 Å². The molecule has 0 aromatic carbocycles. The summed E-state index contributed by atoms with van der Waals surface area (Å²) in [7, 11) is 0. The molecule has 0 saturated carbocycles. The van der Waals surface area contributed by atoms with Crippen molar-refractivity contribution in [3.8, 4) is 0 Å². The van der Waals surface area contributed by atoms with Gasteiger partial charge in [0.15, 0.2) is 0 Å². The molecule has 1 aromatic rings. The third-order valence-electron chi connectivity index (χ3n) is 1.92. The number of rotatable bonds is 4. The maximum atomic E-state index is 8.77. The van der Waals surface area contributed by atoms with Gasteiger partial charge in [-0.1, -0.05) is 13.0 Å². The van der Waals surface area contributed by atoms with Gasteiger partial charge in [0.05, 0.1) is 0 Å². The second kappa shape index (κ2) is 4.52. The van der Waals surface area contributed by atoms with Crippen molar-refractivity contribution in [3.05, 3.63) is 22.4 Å². The van der Waals surface area contributed by atoms with Crippen LogP contribution in [-0.2, 0) is 0 Å². The molecule has 0 bridgehead atoms. The van der Waals surface area contributed by atoms with Gasteiger partial charge in [0.25, 0.3) is 0 Å². The lowest BCUT2D eigenvalue weighted by Gasteiger charge is -2.09. The van der Waals surface area contributed by atoms with Crippen LogP contribution in [0.4, 0.5) is 0 Å². The van der Waals surface area contributed by atoms with E-state index in [1.807, 2.05) is 0 Å². The zero-order valence-electron chi connectivity index (χ0n) is 6.79. The van der Waals surface area contributed by atoms with Crippen LogP contribution < -0.4 is 0 Å². The Morgan fingerprint density at radius 1 is 1.64 bits per heavy atom. The van der Waals surface area contributed by atoms with Crippen molar-refractivity contribution in [3.63, 3.8) is 0 Å². The summed E-state index contributed by atoms with van der Waals surface area (Å²) in [5.41, 5.74) is 0. The maximum Gasteiger partial charge on any atom is 0.0437 e. The molecule has 1 unspecified atom stereocenters. The molecule has 2 heteroatoms. The SMILES string of the molecule is CCC(CCO)c1cccs1. The fraction of sp³-hybridized carbons (Fsp3) is 0.556. The first-order chi connectivity index (χ1) is 5.38. The van der Waals surface area contributed by atoms with E-state index in [4.69, 9.17) is 5.11 Å². The van der Waals surface area contributed by atoms with E-state index in [1.54, 1.807) is 11.3 Å². The first kappa shape index (κ1) is 8.75. The zero-order chi connectivity index (χ0) is 8.10. The van der Waals surface area contributed by atoms with E-state index in [0.717, 1.165) is 12.8 Å². The van der Waals surface area contributed by atoms with Crippen molar-refractivity contribution in [2.24, 2.45) is 0 Å². The molecule has 0 aliphatic rings. The van der Waals surface area contributed by atoms with E-state index in [-0.39, 0.29) is 0 Å². The van der Waals surface area contributed by atoms with Gasteiger partial charge in [0.1, 0.15) is 0 Å². The summed E-state index contributed by atoms with van der Waals surface area (Å²) < 4.78 is 0. The number of hydrogen-bond donors (Lipinski definition) is 1. The predicted molar refractivity (Wildman–Crippen MR) is 49.1 cm³/mol. The molecule has 1 atom stereocenters. The van der Waals surface area contributed by atoms with Crippen LogP contribution in [0.25, 0.3) is 0 Å². The van der Waals surface area contributed by atoms with Crippen LogP contribution in [0.15, 0.2) is 17.5 Å². The molecule has 62 valence electrons. The average Bonchev–Trinajstić information content (AvgIpc) is 2.52. The van der Waals surface area contributed by atoms with Crippen LogP contribution >= 0.6 is 11.3 Å². The van der Waals surface area contributed by atoms with E-state index in [0.29, 0.717) is 12.5 Å². The summed E-state index contributed by atoms with van der Waals surface area (Å²) in [6.45, 7) is 2.47. The molecule has 0 amide bonds. The Morgan fingerprint density at radius 2 is 2.45 bits per heavy atom. The number of hydrogen-bond acceptors (Lipinski definition) is 2. The highest BCUT2D eigenvalue weighted by molar-refractivity contribution is 7.10. The minimum absolute atomic E-state index is 0.302.